The van der Waals surface area contributed by atoms with E-state index >= 15 is 0 Å². The van der Waals surface area contributed by atoms with Gasteiger partial charge in [-0.15, -0.1) is 0 Å². The van der Waals surface area contributed by atoms with Gasteiger partial charge in [0.25, 0.3) is 0 Å². The first-order valence-corrected chi connectivity index (χ1v) is 9.44. The third-order valence-corrected chi connectivity index (χ3v) is 4.83. The molecule has 0 atom stereocenters. The van der Waals surface area contributed by atoms with Gasteiger partial charge in [0.05, 0.1) is 12.8 Å². The largest absolute Gasteiger partial charge is 0.497 e. The highest BCUT2D eigenvalue weighted by Crippen LogP contribution is 2.27. The Balaban J connectivity index is 1.52. The van der Waals surface area contributed by atoms with E-state index in [0.717, 1.165) is 29.8 Å². The van der Waals surface area contributed by atoms with Crippen molar-refractivity contribution in [1.82, 2.24) is 5.43 Å². The number of nitrogens with zero attached hydrogens (tertiary/aromatic N) is 2. The lowest BCUT2D eigenvalue weighted by Crippen LogP contribution is -2.36. The average Bonchev–Trinajstić information content (AvgIpc) is 2.75. The fourth-order valence-electron chi connectivity index (χ4n) is 3.25. The van der Waals surface area contributed by atoms with Gasteiger partial charge in [-0.25, -0.2) is 5.43 Å². The predicted molar refractivity (Wildman–Crippen MR) is 110 cm³/mol. The molecule has 2 aromatic rings. The Morgan fingerprint density at radius 3 is 2.61 bits per heavy atom. The van der Waals surface area contributed by atoms with E-state index in [4.69, 9.17) is 4.74 Å². The van der Waals surface area contributed by atoms with E-state index in [1.165, 1.54) is 5.56 Å². The molecule has 0 saturated carbocycles. The van der Waals surface area contributed by atoms with Crippen LogP contribution in [0.15, 0.2) is 53.6 Å². The van der Waals surface area contributed by atoms with Gasteiger partial charge in [0.15, 0.2) is 0 Å². The van der Waals surface area contributed by atoms with Crippen LogP contribution in [0.2, 0.25) is 0 Å². The number of rotatable bonds is 6. The Bertz CT molecular complexity index is 875. The second-order valence-electron chi connectivity index (χ2n) is 6.74. The van der Waals surface area contributed by atoms with Crippen molar-refractivity contribution in [3.63, 3.8) is 0 Å². The van der Waals surface area contributed by atoms with Crippen LogP contribution in [0.25, 0.3) is 0 Å². The molecule has 0 spiro atoms. The molecule has 2 amide bonds. The van der Waals surface area contributed by atoms with Crippen molar-refractivity contribution in [3.05, 3.63) is 59.7 Å². The number of hydrazone groups is 1. The molecule has 0 saturated heterocycles. The van der Waals surface area contributed by atoms with Crippen LogP contribution in [0.5, 0.6) is 5.75 Å². The first-order valence-electron chi connectivity index (χ1n) is 9.44. The van der Waals surface area contributed by atoms with Crippen molar-refractivity contribution in [2.75, 3.05) is 18.6 Å². The van der Waals surface area contributed by atoms with Crippen LogP contribution < -0.4 is 15.1 Å². The highest BCUT2D eigenvalue weighted by molar-refractivity contribution is 6.00. The third-order valence-electron chi connectivity index (χ3n) is 4.83. The number of amides is 2. The van der Waals surface area contributed by atoms with Gasteiger partial charge in [-0.05, 0) is 61.2 Å². The van der Waals surface area contributed by atoms with Gasteiger partial charge in [-0.2, -0.15) is 5.10 Å². The fourth-order valence-corrected chi connectivity index (χ4v) is 3.25. The Morgan fingerprint density at radius 2 is 1.86 bits per heavy atom. The SMILES string of the molecule is COc1ccc(/C(C)=N/NC(=O)CCC(=O)N2CCCc3ccccc32)cc1. The van der Waals surface area contributed by atoms with Crippen LogP contribution in [0.1, 0.15) is 37.3 Å². The molecule has 0 fully saturated rings. The lowest BCUT2D eigenvalue weighted by atomic mass is 10.0. The summed E-state index contributed by atoms with van der Waals surface area (Å²) in [5.41, 5.74) is 6.26. The number of carbonyl (C=O) groups is 2. The van der Waals surface area contributed by atoms with E-state index in [1.807, 2.05) is 49.4 Å². The molecule has 0 radical (unpaired) electrons. The number of aryl methyl sites for hydroxylation is 1. The number of hydrogen-bond donors (Lipinski definition) is 1. The highest BCUT2D eigenvalue weighted by Gasteiger charge is 2.22. The van der Waals surface area contributed by atoms with Crippen molar-refractivity contribution in [2.24, 2.45) is 5.10 Å². The number of carbonyl (C=O) groups excluding carboxylic acids is 2. The number of methoxy groups -OCH3 is 1. The molecular weight excluding hydrogens is 354 g/mol. The van der Waals surface area contributed by atoms with Crippen LogP contribution >= 0.6 is 0 Å². The number of ether oxygens (including phenoxy) is 1. The minimum absolute atomic E-state index is 0.0295. The second-order valence-corrected chi connectivity index (χ2v) is 6.74. The van der Waals surface area contributed by atoms with Gasteiger partial charge in [0.2, 0.25) is 11.8 Å². The summed E-state index contributed by atoms with van der Waals surface area (Å²) >= 11 is 0. The third kappa shape index (κ3) is 4.76. The zero-order valence-electron chi connectivity index (χ0n) is 16.3. The number of anilines is 1. The number of para-hydroxylation sites is 1. The van der Waals surface area contributed by atoms with Crippen LogP contribution in [-0.4, -0.2) is 31.2 Å². The number of hydrogen-bond acceptors (Lipinski definition) is 4. The molecule has 1 aliphatic rings. The molecule has 6 heteroatoms. The van der Waals surface area contributed by atoms with Crippen molar-refractivity contribution >= 4 is 23.2 Å². The van der Waals surface area contributed by atoms with E-state index in [0.29, 0.717) is 12.3 Å². The fraction of sp³-hybridized carbons (Fsp3) is 0.318. The molecule has 6 nitrogen and oxygen atoms in total. The first kappa shape index (κ1) is 19.6. The average molecular weight is 379 g/mol. The Kier molecular flexibility index (Phi) is 6.42. The lowest BCUT2D eigenvalue weighted by Gasteiger charge is -2.29. The summed E-state index contributed by atoms with van der Waals surface area (Å²) in [5, 5.41) is 4.13. The smallest absolute Gasteiger partial charge is 0.240 e. The Morgan fingerprint density at radius 1 is 1.11 bits per heavy atom. The van der Waals surface area contributed by atoms with Crippen molar-refractivity contribution in [1.29, 1.82) is 0 Å². The van der Waals surface area contributed by atoms with Crippen LogP contribution in [0, 0.1) is 0 Å². The molecule has 28 heavy (non-hydrogen) atoms. The molecule has 1 heterocycles. The lowest BCUT2D eigenvalue weighted by molar-refractivity contribution is -0.125. The van der Waals surface area contributed by atoms with Crippen LogP contribution in [0.3, 0.4) is 0 Å². The standard InChI is InChI=1S/C22H25N3O3/c1-16(17-9-11-19(28-2)12-10-17)23-24-21(26)13-14-22(27)25-15-5-7-18-6-3-4-8-20(18)25/h3-4,6,8-12H,5,7,13-15H2,1-2H3,(H,24,26)/b23-16+. The molecule has 0 aromatic heterocycles. The number of benzene rings is 2. The van der Waals surface area contributed by atoms with Crippen LogP contribution in [-0.2, 0) is 16.0 Å². The summed E-state index contributed by atoms with van der Waals surface area (Å²) in [6.07, 6.45) is 2.20. The zero-order chi connectivity index (χ0) is 19.9. The molecule has 3 rings (SSSR count). The summed E-state index contributed by atoms with van der Waals surface area (Å²) in [4.78, 5) is 26.5. The summed E-state index contributed by atoms with van der Waals surface area (Å²) in [5.74, 6) is 0.461. The highest BCUT2D eigenvalue weighted by atomic mass is 16.5. The van der Waals surface area contributed by atoms with Gasteiger partial charge in [0, 0.05) is 25.1 Å². The zero-order valence-corrected chi connectivity index (χ0v) is 16.3. The normalized spacial score (nSPS) is 13.6. The van der Waals surface area contributed by atoms with Gasteiger partial charge in [-0.3, -0.25) is 9.59 Å². The monoisotopic (exact) mass is 379 g/mol. The molecule has 2 aromatic carbocycles. The molecule has 146 valence electrons. The molecular formula is C22H25N3O3. The van der Waals surface area contributed by atoms with E-state index < -0.39 is 0 Å². The first-order chi connectivity index (χ1) is 13.6. The summed E-state index contributed by atoms with van der Waals surface area (Å²) < 4.78 is 5.13. The summed E-state index contributed by atoms with van der Waals surface area (Å²) in [6.45, 7) is 2.52. The number of fused-ring (bicyclic) bond motifs is 1. The second kappa shape index (κ2) is 9.17. The maximum atomic E-state index is 12.6. The number of nitrogens with one attached hydrogen (secondary N) is 1. The van der Waals surface area contributed by atoms with Gasteiger partial charge >= 0.3 is 0 Å². The molecule has 1 aliphatic heterocycles. The van der Waals surface area contributed by atoms with Crippen molar-refractivity contribution in [3.8, 4) is 5.75 Å². The molecule has 0 bridgehead atoms. The minimum Gasteiger partial charge on any atom is -0.497 e. The van der Waals surface area contributed by atoms with Gasteiger partial charge in [0.1, 0.15) is 5.75 Å². The van der Waals surface area contributed by atoms with Gasteiger partial charge < -0.3 is 9.64 Å². The Labute approximate surface area is 165 Å². The van der Waals surface area contributed by atoms with Crippen LogP contribution in [0.4, 0.5) is 5.69 Å². The Hall–Kier alpha value is -3.15. The summed E-state index contributed by atoms with van der Waals surface area (Å²) in [7, 11) is 1.61. The predicted octanol–water partition coefficient (Wildman–Crippen LogP) is 3.30. The minimum atomic E-state index is -0.272. The maximum absolute atomic E-state index is 12.6. The quantitative estimate of drug-likeness (QED) is 0.618. The molecule has 1 N–H and O–H groups in total. The summed E-state index contributed by atoms with van der Waals surface area (Å²) in [6, 6.07) is 15.4. The van der Waals surface area contributed by atoms with Crippen molar-refractivity contribution in [2.45, 2.75) is 32.6 Å². The van der Waals surface area contributed by atoms with Gasteiger partial charge in [-0.1, -0.05) is 18.2 Å². The maximum Gasteiger partial charge on any atom is 0.240 e. The molecule has 0 aliphatic carbocycles. The molecule has 0 unspecified atom stereocenters. The van der Waals surface area contributed by atoms with Crippen molar-refractivity contribution < 1.29 is 14.3 Å². The topological polar surface area (TPSA) is 71.0 Å². The van der Waals surface area contributed by atoms with E-state index in [-0.39, 0.29) is 24.7 Å². The van der Waals surface area contributed by atoms with E-state index in [2.05, 4.69) is 16.6 Å². The van der Waals surface area contributed by atoms with E-state index in [9.17, 15) is 9.59 Å². The van der Waals surface area contributed by atoms with E-state index in [1.54, 1.807) is 12.0 Å².